The monoisotopic (exact) mass is 248 g/mol. The number of aromatic nitrogens is 1. The zero-order valence-corrected chi connectivity index (χ0v) is 10.9. The van der Waals surface area contributed by atoms with Crippen molar-refractivity contribution in [1.29, 1.82) is 0 Å². The van der Waals surface area contributed by atoms with E-state index in [9.17, 15) is 4.39 Å². The van der Waals surface area contributed by atoms with Crippen LogP contribution in [0.3, 0.4) is 0 Å². The molecule has 0 fully saturated rings. The van der Waals surface area contributed by atoms with Gasteiger partial charge in [-0.15, -0.1) is 0 Å². The van der Waals surface area contributed by atoms with Gasteiger partial charge in [0, 0.05) is 17.9 Å². The molecule has 0 aliphatic carbocycles. The number of ether oxygens (including phenoxy) is 1. The van der Waals surface area contributed by atoms with Gasteiger partial charge in [-0.1, -0.05) is 6.92 Å². The second-order valence-electron chi connectivity index (χ2n) is 4.02. The summed E-state index contributed by atoms with van der Waals surface area (Å²) in [4.78, 5) is 4.35. The zero-order chi connectivity index (χ0) is 13.1. The van der Waals surface area contributed by atoms with Crippen LogP contribution in [0.2, 0.25) is 0 Å². The van der Waals surface area contributed by atoms with Gasteiger partial charge in [0.05, 0.1) is 12.5 Å². The molecule has 0 aliphatic rings. The van der Waals surface area contributed by atoms with Crippen molar-refractivity contribution >= 4 is 16.6 Å². The van der Waals surface area contributed by atoms with E-state index in [-0.39, 0.29) is 5.82 Å². The predicted octanol–water partition coefficient (Wildman–Crippen LogP) is 3.38. The SMILES string of the molecule is CCNc1cc(CC)nc2c(F)ccc(OC)c12. The van der Waals surface area contributed by atoms with Crippen molar-refractivity contribution in [3.8, 4) is 5.75 Å². The van der Waals surface area contributed by atoms with Gasteiger partial charge in [-0.2, -0.15) is 0 Å². The molecule has 0 saturated heterocycles. The van der Waals surface area contributed by atoms with Crippen LogP contribution in [-0.4, -0.2) is 18.6 Å². The van der Waals surface area contributed by atoms with Crippen molar-refractivity contribution in [1.82, 2.24) is 4.98 Å². The van der Waals surface area contributed by atoms with Crippen LogP contribution in [0.15, 0.2) is 18.2 Å². The lowest BCUT2D eigenvalue weighted by atomic mass is 10.1. The summed E-state index contributed by atoms with van der Waals surface area (Å²) in [5, 5.41) is 3.95. The highest BCUT2D eigenvalue weighted by atomic mass is 19.1. The summed E-state index contributed by atoms with van der Waals surface area (Å²) in [6, 6.07) is 4.98. The minimum atomic E-state index is -0.319. The Labute approximate surface area is 106 Å². The first-order valence-corrected chi connectivity index (χ1v) is 6.11. The number of rotatable bonds is 4. The van der Waals surface area contributed by atoms with E-state index in [1.54, 1.807) is 13.2 Å². The topological polar surface area (TPSA) is 34.2 Å². The molecule has 0 aliphatic heterocycles. The van der Waals surface area contributed by atoms with Gasteiger partial charge in [-0.05, 0) is 31.5 Å². The molecule has 1 aromatic carbocycles. The van der Waals surface area contributed by atoms with Gasteiger partial charge in [0.1, 0.15) is 17.1 Å². The highest BCUT2D eigenvalue weighted by molar-refractivity contribution is 5.97. The van der Waals surface area contributed by atoms with Gasteiger partial charge in [0.25, 0.3) is 0 Å². The first-order chi connectivity index (χ1) is 8.71. The van der Waals surface area contributed by atoms with E-state index in [0.717, 1.165) is 24.3 Å². The van der Waals surface area contributed by atoms with Crippen LogP contribution in [-0.2, 0) is 6.42 Å². The van der Waals surface area contributed by atoms with Crippen LogP contribution in [0.1, 0.15) is 19.5 Å². The molecule has 0 amide bonds. The number of pyridine rings is 1. The molecule has 1 N–H and O–H groups in total. The minimum Gasteiger partial charge on any atom is -0.496 e. The summed E-state index contributed by atoms with van der Waals surface area (Å²) in [5.74, 6) is 0.317. The number of benzene rings is 1. The maximum absolute atomic E-state index is 13.9. The van der Waals surface area contributed by atoms with E-state index < -0.39 is 0 Å². The lowest BCUT2D eigenvalue weighted by molar-refractivity contribution is 0.419. The summed E-state index contributed by atoms with van der Waals surface area (Å²) in [5.41, 5.74) is 2.10. The summed E-state index contributed by atoms with van der Waals surface area (Å²) >= 11 is 0. The predicted molar refractivity (Wildman–Crippen MR) is 71.8 cm³/mol. The highest BCUT2D eigenvalue weighted by Crippen LogP contribution is 2.33. The van der Waals surface area contributed by atoms with E-state index in [0.29, 0.717) is 16.7 Å². The van der Waals surface area contributed by atoms with Crippen LogP contribution in [0, 0.1) is 5.82 Å². The van der Waals surface area contributed by atoms with Gasteiger partial charge in [0.15, 0.2) is 0 Å². The van der Waals surface area contributed by atoms with E-state index in [1.165, 1.54) is 6.07 Å². The molecule has 3 nitrogen and oxygen atoms in total. The molecule has 96 valence electrons. The Morgan fingerprint density at radius 1 is 1.33 bits per heavy atom. The Kier molecular flexibility index (Phi) is 3.65. The molecule has 18 heavy (non-hydrogen) atoms. The number of anilines is 1. The van der Waals surface area contributed by atoms with Crippen molar-refractivity contribution in [3.63, 3.8) is 0 Å². The number of methoxy groups -OCH3 is 1. The molecule has 0 spiro atoms. The van der Waals surface area contributed by atoms with Crippen molar-refractivity contribution < 1.29 is 9.13 Å². The van der Waals surface area contributed by atoms with Crippen molar-refractivity contribution in [2.45, 2.75) is 20.3 Å². The first-order valence-electron chi connectivity index (χ1n) is 6.11. The van der Waals surface area contributed by atoms with Gasteiger partial charge in [0.2, 0.25) is 0 Å². The highest BCUT2D eigenvalue weighted by Gasteiger charge is 2.13. The summed E-state index contributed by atoms with van der Waals surface area (Å²) < 4.78 is 19.2. The summed E-state index contributed by atoms with van der Waals surface area (Å²) in [6.07, 6.45) is 0.769. The number of nitrogens with zero attached hydrogens (tertiary/aromatic N) is 1. The van der Waals surface area contributed by atoms with Crippen LogP contribution < -0.4 is 10.1 Å². The Morgan fingerprint density at radius 3 is 2.72 bits per heavy atom. The van der Waals surface area contributed by atoms with Gasteiger partial charge in [-0.3, -0.25) is 0 Å². The molecular weight excluding hydrogens is 231 g/mol. The fourth-order valence-corrected chi connectivity index (χ4v) is 2.01. The number of fused-ring (bicyclic) bond motifs is 1. The molecule has 4 heteroatoms. The van der Waals surface area contributed by atoms with Crippen LogP contribution >= 0.6 is 0 Å². The molecule has 0 bridgehead atoms. The Hall–Kier alpha value is -1.84. The third kappa shape index (κ3) is 2.10. The summed E-state index contributed by atoms with van der Waals surface area (Å²) in [7, 11) is 1.58. The number of nitrogens with one attached hydrogen (secondary N) is 1. The van der Waals surface area contributed by atoms with E-state index in [2.05, 4.69) is 10.3 Å². The average Bonchev–Trinajstić information content (AvgIpc) is 2.40. The van der Waals surface area contributed by atoms with Crippen molar-refractivity contribution in [3.05, 3.63) is 29.7 Å². The molecular formula is C14H17FN2O. The molecule has 1 aromatic heterocycles. The molecule has 2 rings (SSSR count). The molecule has 1 heterocycles. The van der Waals surface area contributed by atoms with Gasteiger partial charge >= 0.3 is 0 Å². The van der Waals surface area contributed by atoms with E-state index >= 15 is 0 Å². The largest absolute Gasteiger partial charge is 0.496 e. The number of halogens is 1. The normalized spacial score (nSPS) is 10.7. The first kappa shape index (κ1) is 12.6. The maximum atomic E-state index is 13.9. The lowest BCUT2D eigenvalue weighted by Crippen LogP contribution is -2.02. The third-order valence-corrected chi connectivity index (χ3v) is 2.88. The fraction of sp³-hybridized carbons (Fsp3) is 0.357. The summed E-state index contributed by atoms with van der Waals surface area (Å²) in [6.45, 7) is 4.77. The third-order valence-electron chi connectivity index (χ3n) is 2.88. The molecule has 2 aromatic rings. The quantitative estimate of drug-likeness (QED) is 0.900. The van der Waals surface area contributed by atoms with Gasteiger partial charge < -0.3 is 10.1 Å². The maximum Gasteiger partial charge on any atom is 0.149 e. The second kappa shape index (κ2) is 5.21. The molecule has 0 radical (unpaired) electrons. The lowest BCUT2D eigenvalue weighted by Gasteiger charge is -2.13. The molecule has 0 saturated carbocycles. The van der Waals surface area contributed by atoms with Crippen molar-refractivity contribution in [2.75, 3.05) is 19.0 Å². The van der Waals surface area contributed by atoms with Crippen LogP contribution in [0.4, 0.5) is 10.1 Å². The number of hydrogen-bond acceptors (Lipinski definition) is 3. The Bertz CT molecular complexity index is 569. The van der Waals surface area contributed by atoms with E-state index in [1.807, 2.05) is 19.9 Å². The Morgan fingerprint density at radius 2 is 2.11 bits per heavy atom. The average molecular weight is 248 g/mol. The fourth-order valence-electron chi connectivity index (χ4n) is 2.01. The molecule has 0 unspecified atom stereocenters. The minimum absolute atomic E-state index is 0.319. The number of hydrogen-bond donors (Lipinski definition) is 1. The van der Waals surface area contributed by atoms with E-state index in [4.69, 9.17) is 4.74 Å². The number of aryl methyl sites for hydroxylation is 1. The second-order valence-corrected chi connectivity index (χ2v) is 4.02. The van der Waals surface area contributed by atoms with Crippen LogP contribution in [0.5, 0.6) is 5.75 Å². The van der Waals surface area contributed by atoms with Crippen molar-refractivity contribution in [2.24, 2.45) is 0 Å². The van der Waals surface area contributed by atoms with Crippen LogP contribution in [0.25, 0.3) is 10.9 Å². The standard InChI is InChI=1S/C14H17FN2O/c1-4-9-8-11(16-5-2)13-12(18-3)7-6-10(15)14(13)17-9/h6-8H,4-5H2,1-3H3,(H,16,17). The molecule has 0 atom stereocenters. The van der Waals surface area contributed by atoms with Gasteiger partial charge in [-0.25, -0.2) is 9.37 Å². The smallest absolute Gasteiger partial charge is 0.149 e. The Balaban J connectivity index is 2.80. The zero-order valence-electron chi connectivity index (χ0n) is 10.9.